The molecule has 1 unspecified atom stereocenters. The van der Waals surface area contributed by atoms with E-state index in [4.69, 9.17) is 0 Å². The fraction of sp³-hybridized carbons (Fsp3) is 0.533. The quantitative estimate of drug-likeness (QED) is 0.823. The van der Waals surface area contributed by atoms with Gasteiger partial charge >= 0.3 is 0 Å². The smallest absolute Gasteiger partial charge is 0.260 e. The number of aromatic amines is 1. The number of nitrogens with zero attached hydrogens (tertiary/aromatic N) is 2. The third-order valence-electron chi connectivity index (χ3n) is 4.61. The maximum Gasteiger partial charge on any atom is 0.260 e. The average Bonchev–Trinajstić information content (AvgIpc) is 2.89. The Morgan fingerprint density at radius 2 is 1.95 bits per heavy atom. The SMILES string of the molecule is CN1CCCC2(CCCN2C(=O)c2ccc[nH]c2=O)C1=O. The summed E-state index contributed by atoms with van der Waals surface area (Å²) < 4.78 is 0. The van der Waals surface area contributed by atoms with Crippen molar-refractivity contribution in [3.05, 3.63) is 34.2 Å². The summed E-state index contributed by atoms with van der Waals surface area (Å²) in [6, 6.07) is 3.15. The maximum absolute atomic E-state index is 12.7. The largest absolute Gasteiger partial charge is 0.344 e. The van der Waals surface area contributed by atoms with Crippen molar-refractivity contribution >= 4 is 11.8 Å². The Kier molecular flexibility index (Phi) is 3.31. The summed E-state index contributed by atoms with van der Waals surface area (Å²) >= 11 is 0. The van der Waals surface area contributed by atoms with Crippen molar-refractivity contribution in [3.8, 4) is 0 Å². The van der Waals surface area contributed by atoms with Crippen molar-refractivity contribution in [2.45, 2.75) is 31.2 Å². The number of piperidine rings is 1. The van der Waals surface area contributed by atoms with Gasteiger partial charge in [-0.05, 0) is 37.8 Å². The highest BCUT2D eigenvalue weighted by molar-refractivity contribution is 5.99. The van der Waals surface area contributed by atoms with E-state index >= 15 is 0 Å². The molecule has 0 aliphatic carbocycles. The first-order chi connectivity index (χ1) is 10.1. The van der Waals surface area contributed by atoms with Crippen LogP contribution in [0.3, 0.4) is 0 Å². The molecule has 1 atom stereocenters. The summed E-state index contributed by atoms with van der Waals surface area (Å²) in [5, 5.41) is 0. The number of likely N-dealkylation sites (N-methyl/N-ethyl adjacent to an activating group) is 1. The number of carbonyl (C=O) groups is 2. The van der Waals surface area contributed by atoms with Crippen LogP contribution in [-0.2, 0) is 4.79 Å². The normalized spacial score (nSPS) is 25.7. The van der Waals surface area contributed by atoms with E-state index in [9.17, 15) is 14.4 Å². The van der Waals surface area contributed by atoms with Crippen molar-refractivity contribution in [1.82, 2.24) is 14.8 Å². The highest BCUT2D eigenvalue weighted by Gasteiger charge is 2.52. The fourth-order valence-corrected chi connectivity index (χ4v) is 3.56. The molecule has 1 N–H and O–H groups in total. The third kappa shape index (κ3) is 2.05. The van der Waals surface area contributed by atoms with E-state index in [0.29, 0.717) is 19.4 Å². The molecule has 2 amide bonds. The molecule has 1 aromatic heterocycles. The van der Waals surface area contributed by atoms with Gasteiger partial charge in [-0.3, -0.25) is 14.4 Å². The van der Waals surface area contributed by atoms with Crippen LogP contribution in [0.25, 0.3) is 0 Å². The van der Waals surface area contributed by atoms with E-state index in [1.54, 1.807) is 22.9 Å². The second-order valence-corrected chi connectivity index (χ2v) is 5.84. The van der Waals surface area contributed by atoms with Gasteiger partial charge in [-0.25, -0.2) is 0 Å². The molecule has 112 valence electrons. The number of nitrogens with one attached hydrogen (secondary N) is 1. The molecule has 2 aliphatic rings. The van der Waals surface area contributed by atoms with Crippen LogP contribution in [0.2, 0.25) is 0 Å². The van der Waals surface area contributed by atoms with E-state index in [0.717, 1.165) is 19.4 Å². The van der Waals surface area contributed by atoms with Crippen LogP contribution in [0.15, 0.2) is 23.1 Å². The Morgan fingerprint density at radius 1 is 1.24 bits per heavy atom. The van der Waals surface area contributed by atoms with Crippen LogP contribution in [0, 0.1) is 0 Å². The van der Waals surface area contributed by atoms with Gasteiger partial charge in [-0.15, -0.1) is 0 Å². The zero-order valence-electron chi connectivity index (χ0n) is 12.1. The maximum atomic E-state index is 12.7. The molecule has 0 radical (unpaired) electrons. The molecule has 1 aromatic rings. The Morgan fingerprint density at radius 3 is 2.67 bits per heavy atom. The number of pyridine rings is 1. The zero-order chi connectivity index (χ0) is 15.0. The molecule has 3 rings (SSSR count). The van der Waals surface area contributed by atoms with Gasteiger partial charge in [0.25, 0.3) is 11.5 Å². The monoisotopic (exact) mass is 289 g/mol. The summed E-state index contributed by atoms with van der Waals surface area (Å²) in [5.74, 6) is -0.329. The van der Waals surface area contributed by atoms with Crippen molar-refractivity contribution < 1.29 is 9.59 Å². The number of aromatic nitrogens is 1. The number of H-pyrrole nitrogens is 1. The minimum absolute atomic E-state index is 0.00644. The molecule has 0 saturated carbocycles. The van der Waals surface area contributed by atoms with Gasteiger partial charge in [0.05, 0.1) is 0 Å². The second kappa shape index (κ2) is 5.02. The van der Waals surface area contributed by atoms with Crippen LogP contribution < -0.4 is 5.56 Å². The molecule has 2 fully saturated rings. The topological polar surface area (TPSA) is 73.5 Å². The van der Waals surface area contributed by atoms with Gasteiger partial charge in [-0.1, -0.05) is 0 Å². The van der Waals surface area contributed by atoms with Crippen molar-refractivity contribution in [3.63, 3.8) is 0 Å². The van der Waals surface area contributed by atoms with Crippen LogP contribution in [0.5, 0.6) is 0 Å². The number of rotatable bonds is 1. The van der Waals surface area contributed by atoms with E-state index in [2.05, 4.69) is 4.98 Å². The third-order valence-corrected chi connectivity index (χ3v) is 4.61. The van der Waals surface area contributed by atoms with Crippen LogP contribution in [0.4, 0.5) is 0 Å². The minimum Gasteiger partial charge on any atom is -0.344 e. The van der Waals surface area contributed by atoms with Gasteiger partial charge < -0.3 is 14.8 Å². The van der Waals surface area contributed by atoms with Crippen LogP contribution >= 0.6 is 0 Å². The average molecular weight is 289 g/mol. The Labute approximate surface area is 122 Å². The zero-order valence-corrected chi connectivity index (χ0v) is 12.1. The van der Waals surface area contributed by atoms with E-state index < -0.39 is 11.1 Å². The number of carbonyl (C=O) groups excluding carboxylic acids is 2. The standard InChI is InChI=1S/C15H19N3O3/c1-17-9-3-6-15(14(17)21)7-4-10-18(15)13(20)11-5-2-8-16-12(11)19/h2,5,8H,3-4,6-7,9-10H2,1H3,(H,16,19). The summed E-state index contributed by atoms with van der Waals surface area (Å²) in [5.41, 5.74) is -1.03. The number of hydrogen-bond acceptors (Lipinski definition) is 3. The number of likely N-dealkylation sites (tertiary alicyclic amines) is 2. The van der Waals surface area contributed by atoms with Gasteiger partial charge in [0, 0.05) is 26.3 Å². The molecule has 1 spiro atoms. The highest BCUT2D eigenvalue weighted by Crippen LogP contribution is 2.38. The summed E-state index contributed by atoms with van der Waals surface area (Å²) in [4.78, 5) is 43.0. The summed E-state index contributed by atoms with van der Waals surface area (Å²) in [6.45, 7) is 1.27. The molecular formula is C15H19N3O3. The Balaban J connectivity index is 1.98. The summed E-state index contributed by atoms with van der Waals surface area (Å²) in [7, 11) is 1.78. The first-order valence-corrected chi connectivity index (χ1v) is 7.31. The van der Waals surface area contributed by atoms with Crippen LogP contribution in [0.1, 0.15) is 36.0 Å². The molecule has 21 heavy (non-hydrogen) atoms. The number of amides is 2. The molecule has 0 aromatic carbocycles. The predicted octanol–water partition coefficient (Wildman–Crippen LogP) is 0.602. The number of hydrogen-bond donors (Lipinski definition) is 1. The molecule has 6 heteroatoms. The second-order valence-electron chi connectivity index (χ2n) is 5.84. The molecule has 6 nitrogen and oxygen atoms in total. The first kappa shape index (κ1) is 13.9. The molecular weight excluding hydrogens is 270 g/mol. The lowest BCUT2D eigenvalue weighted by Gasteiger charge is -2.43. The van der Waals surface area contributed by atoms with Gasteiger partial charge in [-0.2, -0.15) is 0 Å². The minimum atomic E-state index is -0.744. The Bertz CT molecular complexity index is 639. The Hall–Kier alpha value is -2.11. The van der Waals surface area contributed by atoms with Gasteiger partial charge in [0.15, 0.2) is 0 Å². The lowest BCUT2D eigenvalue weighted by Crippen LogP contribution is -2.60. The van der Waals surface area contributed by atoms with E-state index in [1.807, 2.05) is 0 Å². The van der Waals surface area contributed by atoms with Crippen molar-refractivity contribution in [2.75, 3.05) is 20.1 Å². The first-order valence-electron chi connectivity index (χ1n) is 7.31. The molecule has 3 heterocycles. The van der Waals surface area contributed by atoms with Gasteiger partial charge in [0.2, 0.25) is 5.91 Å². The molecule has 2 saturated heterocycles. The van der Waals surface area contributed by atoms with E-state index in [1.165, 1.54) is 12.3 Å². The fourth-order valence-electron chi connectivity index (χ4n) is 3.56. The molecule has 2 aliphatic heterocycles. The lowest BCUT2D eigenvalue weighted by atomic mass is 9.85. The lowest BCUT2D eigenvalue weighted by molar-refractivity contribution is -0.144. The highest BCUT2D eigenvalue weighted by atomic mass is 16.2. The van der Waals surface area contributed by atoms with E-state index in [-0.39, 0.29) is 17.4 Å². The molecule has 0 bridgehead atoms. The van der Waals surface area contributed by atoms with Crippen molar-refractivity contribution in [1.29, 1.82) is 0 Å². The predicted molar refractivity (Wildman–Crippen MR) is 76.9 cm³/mol. The summed E-state index contributed by atoms with van der Waals surface area (Å²) in [6.07, 6.45) is 4.56. The van der Waals surface area contributed by atoms with Crippen molar-refractivity contribution in [2.24, 2.45) is 0 Å². The van der Waals surface area contributed by atoms with Gasteiger partial charge in [0.1, 0.15) is 11.1 Å². The van der Waals surface area contributed by atoms with Crippen LogP contribution in [-0.4, -0.2) is 52.3 Å².